The number of alkyl halides is 3. The van der Waals surface area contributed by atoms with Gasteiger partial charge in [-0.3, -0.25) is 4.21 Å². The van der Waals surface area contributed by atoms with E-state index in [4.69, 9.17) is 0 Å². The highest BCUT2D eigenvalue weighted by atomic mass is 32.2. The van der Waals surface area contributed by atoms with E-state index in [1.807, 2.05) is 0 Å². The van der Waals surface area contributed by atoms with Crippen LogP contribution in [-0.4, -0.2) is 19.8 Å². The Morgan fingerprint density at radius 1 is 1.24 bits per heavy atom. The van der Waals surface area contributed by atoms with Crippen LogP contribution in [0.1, 0.15) is 42.4 Å². The fraction of sp³-hybridized carbons (Fsp3) is 0.600. The molecule has 6 heteroatoms. The van der Waals surface area contributed by atoms with Gasteiger partial charge in [-0.15, -0.1) is 0 Å². The third-order valence-electron chi connectivity index (χ3n) is 4.67. The highest BCUT2D eigenvalue weighted by Crippen LogP contribution is 2.46. The number of hydrogen-bond acceptors (Lipinski definition) is 2. The molecule has 1 aromatic rings. The van der Waals surface area contributed by atoms with Gasteiger partial charge in [0.2, 0.25) is 0 Å². The van der Waals surface area contributed by atoms with Gasteiger partial charge in [-0.1, -0.05) is 12.1 Å². The van der Waals surface area contributed by atoms with Crippen LogP contribution in [0, 0.1) is 6.92 Å². The van der Waals surface area contributed by atoms with Gasteiger partial charge in [-0.2, -0.15) is 13.2 Å². The van der Waals surface area contributed by atoms with E-state index in [9.17, 15) is 22.5 Å². The molecule has 0 aromatic heterocycles. The van der Waals surface area contributed by atoms with Gasteiger partial charge in [0.1, 0.15) is 0 Å². The zero-order valence-electron chi connectivity index (χ0n) is 11.6. The minimum absolute atomic E-state index is 0.0312. The first-order chi connectivity index (χ1) is 9.71. The van der Waals surface area contributed by atoms with E-state index < -0.39 is 28.1 Å². The van der Waals surface area contributed by atoms with Gasteiger partial charge >= 0.3 is 6.18 Å². The maximum absolute atomic E-state index is 12.8. The molecule has 2 aliphatic heterocycles. The molecule has 3 rings (SSSR count). The van der Waals surface area contributed by atoms with Gasteiger partial charge in [0.15, 0.2) is 0 Å². The second-order valence-corrected chi connectivity index (χ2v) is 8.11. The minimum Gasteiger partial charge on any atom is -0.385 e. The van der Waals surface area contributed by atoms with E-state index in [0.29, 0.717) is 18.4 Å². The third kappa shape index (κ3) is 2.52. The van der Waals surface area contributed by atoms with Crippen LogP contribution in [0.15, 0.2) is 18.2 Å². The molecule has 2 heterocycles. The van der Waals surface area contributed by atoms with E-state index in [-0.39, 0.29) is 16.1 Å². The molecule has 21 heavy (non-hydrogen) atoms. The van der Waals surface area contributed by atoms with Crippen LogP contribution in [0.4, 0.5) is 13.2 Å². The Morgan fingerprint density at radius 2 is 1.81 bits per heavy atom. The molecule has 2 bridgehead atoms. The van der Waals surface area contributed by atoms with Gasteiger partial charge in [-0.05, 0) is 49.8 Å². The molecule has 2 nitrogen and oxygen atoms in total. The lowest BCUT2D eigenvalue weighted by Gasteiger charge is -2.36. The molecule has 0 radical (unpaired) electrons. The van der Waals surface area contributed by atoms with Gasteiger partial charge in [0.05, 0.1) is 11.2 Å². The molecule has 116 valence electrons. The number of hydrogen-bond donors (Lipinski definition) is 1. The van der Waals surface area contributed by atoms with Crippen LogP contribution in [0.25, 0.3) is 0 Å². The second kappa shape index (κ2) is 4.81. The zero-order valence-corrected chi connectivity index (χ0v) is 12.4. The smallest absolute Gasteiger partial charge is 0.385 e. The standard InChI is InChI=1S/C15H17F3O2S/c1-9-6-10(2-5-13(9)15(16,17)18)14(19)7-11-3-4-12(8-14)21(11)20/h2,5-6,11-12,19H,3-4,7-8H2,1H3. The number of aryl methyl sites for hydroxylation is 1. The number of halogens is 3. The second-order valence-electron chi connectivity index (χ2n) is 6.12. The normalized spacial score (nSPS) is 36.0. The Labute approximate surface area is 123 Å². The SMILES string of the molecule is Cc1cc(C2(O)CC3CCC(C2)S3=O)ccc1C(F)(F)F. The van der Waals surface area contributed by atoms with Crippen molar-refractivity contribution in [3.63, 3.8) is 0 Å². The number of aliphatic hydroxyl groups is 1. The van der Waals surface area contributed by atoms with E-state index >= 15 is 0 Å². The lowest BCUT2D eigenvalue weighted by Crippen LogP contribution is -2.40. The average Bonchev–Trinajstić information content (AvgIpc) is 2.61. The summed E-state index contributed by atoms with van der Waals surface area (Å²) in [5.74, 6) is 0. The van der Waals surface area contributed by atoms with Crippen LogP contribution in [0.2, 0.25) is 0 Å². The molecular formula is C15H17F3O2S. The average molecular weight is 318 g/mol. The Morgan fingerprint density at radius 3 is 2.29 bits per heavy atom. The summed E-state index contributed by atoms with van der Waals surface area (Å²) in [5, 5.41) is 10.8. The molecule has 0 aliphatic carbocycles. The van der Waals surface area contributed by atoms with Crippen LogP contribution in [-0.2, 0) is 22.6 Å². The lowest BCUT2D eigenvalue weighted by molar-refractivity contribution is -0.138. The number of fused-ring (bicyclic) bond motifs is 2. The molecule has 2 aliphatic rings. The minimum atomic E-state index is -4.38. The summed E-state index contributed by atoms with van der Waals surface area (Å²) in [6, 6.07) is 3.83. The number of benzene rings is 1. The van der Waals surface area contributed by atoms with Gasteiger partial charge in [-0.25, -0.2) is 0 Å². The van der Waals surface area contributed by atoms with E-state index in [1.54, 1.807) is 0 Å². The summed E-state index contributed by atoms with van der Waals surface area (Å²) in [4.78, 5) is 0. The lowest BCUT2D eigenvalue weighted by atomic mass is 9.84. The molecule has 0 amide bonds. The van der Waals surface area contributed by atoms with Crippen LogP contribution in [0.3, 0.4) is 0 Å². The monoisotopic (exact) mass is 318 g/mol. The van der Waals surface area contributed by atoms with Crippen molar-refractivity contribution in [3.8, 4) is 0 Å². The van der Waals surface area contributed by atoms with Gasteiger partial charge in [0.25, 0.3) is 0 Å². The first kappa shape index (κ1) is 15.0. The third-order valence-corrected chi connectivity index (χ3v) is 6.79. The molecular weight excluding hydrogens is 301 g/mol. The molecule has 0 spiro atoms. The van der Waals surface area contributed by atoms with E-state index in [1.165, 1.54) is 19.1 Å². The summed E-state index contributed by atoms with van der Waals surface area (Å²) in [6.07, 6.45) is -1.96. The Hall–Kier alpha value is -0.880. The Balaban J connectivity index is 1.94. The fourth-order valence-electron chi connectivity index (χ4n) is 3.59. The number of rotatable bonds is 1. The van der Waals surface area contributed by atoms with Crippen molar-refractivity contribution in [2.45, 2.75) is 54.9 Å². The molecule has 2 saturated heterocycles. The summed E-state index contributed by atoms with van der Waals surface area (Å²) < 4.78 is 50.4. The molecule has 2 fully saturated rings. The zero-order chi connectivity index (χ0) is 15.4. The van der Waals surface area contributed by atoms with Crippen molar-refractivity contribution >= 4 is 10.8 Å². The molecule has 0 saturated carbocycles. The molecule has 2 unspecified atom stereocenters. The van der Waals surface area contributed by atoms with Crippen molar-refractivity contribution in [1.82, 2.24) is 0 Å². The topological polar surface area (TPSA) is 37.3 Å². The predicted molar refractivity (Wildman–Crippen MR) is 74.3 cm³/mol. The van der Waals surface area contributed by atoms with Crippen LogP contribution in [0.5, 0.6) is 0 Å². The van der Waals surface area contributed by atoms with Crippen molar-refractivity contribution in [3.05, 3.63) is 34.9 Å². The van der Waals surface area contributed by atoms with Crippen molar-refractivity contribution in [2.75, 3.05) is 0 Å². The first-order valence-electron chi connectivity index (χ1n) is 7.01. The quantitative estimate of drug-likeness (QED) is 0.863. The molecule has 2 atom stereocenters. The summed E-state index contributed by atoms with van der Waals surface area (Å²) in [6.45, 7) is 1.41. The Bertz CT molecular complexity index is 581. The predicted octanol–water partition coefficient (Wildman–Crippen LogP) is 3.27. The Kier molecular flexibility index (Phi) is 3.44. The largest absolute Gasteiger partial charge is 0.416 e. The van der Waals surface area contributed by atoms with Crippen molar-refractivity contribution in [2.24, 2.45) is 0 Å². The summed E-state index contributed by atoms with van der Waals surface area (Å²) in [5.41, 5.74) is -1.18. The van der Waals surface area contributed by atoms with Gasteiger partial charge in [0, 0.05) is 21.3 Å². The van der Waals surface area contributed by atoms with Crippen LogP contribution >= 0.6 is 0 Å². The molecule has 1 N–H and O–H groups in total. The fourth-order valence-corrected chi connectivity index (χ4v) is 5.75. The highest BCUT2D eigenvalue weighted by Gasteiger charge is 2.48. The highest BCUT2D eigenvalue weighted by molar-refractivity contribution is 7.86. The van der Waals surface area contributed by atoms with Gasteiger partial charge < -0.3 is 5.11 Å². The maximum Gasteiger partial charge on any atom is 0.416 e. The van der Waals surface area contributed by atoms with Crippen molar-refractivity contribution < 1.29 is 22.5 Å². The van der Waals surface area contributed by atoms with E-state index in [2.05, 4.69) is 0 Å². The summed E-state index contributed by atoms with van der Waals surface area (Å²) in [7, 11) is -0.903. The first-order valence-corrected chi connectivity index (χ1v) is 8.28. The van der Waals surface area contributed by atoms with Crippen LogP contribution < -0.4 is 0 Å². The molecule has 1 aromatic carbocycles. The van der Waals surface area contributed by atoms with Crippen molar-refractivity contribution in [1.29, 1.82) is 0 Å². The summed E-state index contributed by atoms with van der Waals surface area (Å²) >= 11 is 0. The maximum atomic E-state index is 12.8. The van der Waals surface area contributed by atoms with E-state index in [0.717, 1.165) is 18.9 Å².